The fourth-order valence-corrected chi connectivity index (χ4v) is 5.69. The Bertz CT molecular complexity index is 548. The highest BCUT2D eigenvalue weighted by Crippen LogP contribution is 2.20. The van der Waals surface area contributed by atoms with E-state index in [4.69, 9.17) is 0 Å². The Morgan fingerprint density at radius 2 is 0.707 bits per heavy atom. The van der Waals surface area contributed by atoms with Gasteiger partial charge >= 0.3 is 0 Å². The smallest absolute Gasteiger partial charge is 0.000356 e. The van der Waals surface area contributed by atoms with Crippen molar-refractivity contribution in [2.75, 3.05) is 20.6 Å². The summed E-state index contributed by atoms with van der Waals surface area (Å²) in [5.41, 5.74) is 0. The zero-order chi connectivity index (χ0) is 29.9. The van der Waals surface area contributed by atoms with Crippen molar-refractivity contribution in [2.45, 2.75) is 181 Å². The van der Waals surface area contributed by atoms with Crippen molar-refractivity contribution in [1.29, 1.82) is 0 Å². The molecule has 0 saturated heterocycles. The number of hydrogen-bond acceptors (Lipinski definition) is 1. The van der Waals surface area contributed by atoms with Crippen molar-refractivity contribution >= 4 is 0 Å². The number of rotatable bonds is 32. The first-order valence-electron chi connectivity index (χ1n) is 18.4. The topological polar surface area (TPSA) is 3.24 Å². The Balaban J connectivity index is 3.62. The monoisotopic (exact) mass is 570 g/mol. The predicted octanol–water partition coefficient (Wildman–Crippen LogP) is 13.6. The minimum Gasteiger partial charge on any atom is -0.309 e. The molecule has 0 heterocycles. The van der Waals surface area contributed by atoms with Gasteiger partial charge in [-0.1, -0.05) is 152 Å². The molecule has 1 unspecified atom stereocenters. The summed E-state index contributed by atoms with van der Waals surface area (Å²) in [4.78, 5) is 2.41. The molecule has 1 heteroatoms. The summed E-state index contributed by atoms with van der Waals surface area (Å²) in [7, 11) is 4.51. The first-order valence-corrected chi connectivity index (χ1v) is 18.4. The van der Waals surface area contributed by atoms with Gasteiger partial charge < -0.3 is 4.90 Å². The van der Waals surface area contributed by atoms with Crippen LogP contribution in [0.4, 0.5) is 0 Å². The second-order valence-electron chi connectivity index (χ2n) is 12.9. The molecule has 0 aromatic rings. The average Bonchev–Trinajstić information content (AvgIpc) is 2.96. The molecule has 0 aliphatic heterocycles. The van der Waals surface area contributed by atoms with Gasteiger partial charge in [-0.05, 0) is 97.1 Å². The Morgan fingerprint density at radius 1 is 0.390 bits per heavy atom. The Hall–Kier alpha value is -1.08. The molecule has 0 rings (SSSR count). The van der Waals surface area contributed by atoms with E-state index in [9.17, 15) is 0 Å². The number of unbranched alkanes of at least 4 members (excludes halogenated alkanes) is 18. The van der Waals surface area contributed by atoms with Crippen LogP contribution in [0.15, 0.2) is 48.6 Å². The Kier molecular flexibility index (Phi) is 34.2. The Labute approximate surface area is 260 Å². The maximum Gasteiger partial charge on any atom is 0.000356 e. The molecule has 0 bridgehead atoms. The molecule has 0 aromatic carbocycles. The zero-order valence-corrected chi connectivity index (χ0v) is 28.7. The lowest BCUT2D eigenvalue weighted by molar-refractivity contribution is 0.286. The highest BCUT2D eigenvalue weighted by atomic mass is 15.1. The lowest BCUT2D eigenvalue weighted by Crippen LogP contribution is -2.21. The van der Waals surface area contributed by atoms with Crippen molar-refractivity contribution in [3.8, 4) is 0 Å². The van der Waals surface area contributed by atoms with Crippen molar-refractivity contribution < 1.29 is 0 Å². The van der Waals surface area contributed by atoms with Crippen LogP contribution in [0.5, 0.6) is 0 Å². The van der Waals surface area contributed by atoms with Crippen LogP contribution >= 0.6 is 0 Å². The predicted molar refractivity (Wildman–Crippen MR) is 190 cm³/mol. The zero-order valence-electron chi connectivity index (χ0n) is 28.7. The minimum atomic E-state index is 0.904. The highest BCUT2D eigenvalue weighted by Gasteiger charge is 2.09. The van der Waals surface area contributed by atoms with E-state index in [1.807, 2.05) is 0 Å². The van der Waals surface area contributed by atoms with E-state index in [0.29, 0.717) is 0 Å². The van der Waals surface area contributed by atoms with E-state index in [1.54, 1.807) is 0 Å². The van der Waals surface area contributed by atoms with Gasteiger partial charge in [0.25, 0.3) is 0 Å². The van der Waals surface area contributed by atoms with Crippen LogP contribution in [0.25, 0.3) is 0 Å². The van der Waals surface area contributed by atoms with Crippen molar-refractivity contribution in [3.63, 3.8) is 0 Å². The van der Waals surface area contributed by atoms with Crippen molar-refractivity contribution in [2.24, 2.45) is 5.92 Å². The summed E-state index contributed by atoms with van der Waals surface area (Å²) in [6.45, 7) is 5.82. The van der Waals surface area contributed by atoms with Gasteiger partial charge in [-0.15, -0.1) is 0 Å². The van der Waals surface area contributed by atoms with Gasteiger partial charge in [0.15, 0.2) is 0 Å². The Morgan fingerprint density at radius 3 is 1.05 bits per heavy atom. The third-order valence-corrected chi connectivity index (χ3v) is 8.25. The van der Waals surface area contributed by atoms with E-state index < -0.39 is 0 Å². The molecule has 41 heavy (non-hydrogen) atoms. The third-order valence-electron chi connectivity index (χ3n) is 8.25. The summed E-state index contributed by atoms with van der Waals surface area (Å²) in [6, 6.07) is 0. The van der Waals surface area contributed by atoms with Crippen LogP contribution in [-0.4, -0.2) is 25.5 Å². The molecule has 1 atom stereocenters. The van der Waals surface area contributed by atoms with E-state index in [-0.39, 0.29) is 0 Å². The molecular weight excluding hydrogens is 494 g/mol. The lowest BCUT2D eigenvalue weighted by Gasteiger charge is -2.21. The van der Waals surface area contributed by atoms with Crippen molar-refractivity contribution in [1.82, 2.24) is 4.90 Å². The second-order valence-corrected chi connectivity index (χ2v) is 12.9. The van der Waals surface area contributed by atoms with Crippen LogP contribution in [0, 0.1) is 5.92 Å². The molecule has 0 aliphatic carbocycles. The van der Waals surface area contributed by atoms with Crippen LogP contribution in [0.3, 0.4) is 0 Å². The maximum absolute atomic E-state index is 2.41. The van der Waals surface area contributed by atoms with E-state index >= 15 is 0 Å². The number of hydrogen-bond donors (Lipinski definition) is 0. The molecule has 1 nitrogen and oxygen atoms in total. The van der Waals surface area contributed by atoms with Crippen LogP contribution in [0.1, 0.15) is 181 Å². The van der Waals surface area contributed by atoms with Gasteiger partial charge in [0.2, 0.25) is 0 Å². The van der Waals surface area contributed by atoms with E-state index in [2.05, 4.69) is 81.5 Å². The molecule has 0 aliphatic rings. The molecule has 0 saturated carbocycles. The fraction of sp³-hybridized carbons (Fsp3) is 0.800. The van der Waals surface area contributed by atoms with Crippen LogP contribution in [0.2, 0.25) is 0 Å². The van der Waals surface area contributed by atoms with Gasteiger partial charge in [0, 0.05) is 6.54 Å². The fourth-order valence-electron chi connectivity index (χ4n) is 5.69. The van der Waals surface area contributed by atoms with Gasteiger partial charge in [-0.25, -0.2) is 0 Å². The molecule has 0 fully saturated rings. The standard InChI is InChI=1S/C40H75N/c1-5-7-9-11-13-15-17-19-21-23-25-27-29-31-33-35-37-40(39-41(3)4)38-36-34-32-30-28-26-24-22-20-18-16-14-12-10-8-6-2/h13-16,19-22,40H,5-12,17-18,23-39H2,1-4H3/b15-13-,16-14-,21-19-,22-20?. The van der Waals surface area contributed by atoms with Gasteiger partial charge in [-0.2, -0.15) is 0 Å². The minimum absolute atomic E-state index is 0.904. The number of nitrogens with zero attached hydrogens (tertiary/aromatic N) is 1. The molecule has 0 spiro atoms. The SMILES string of the molecule is CCCCC/C=C\CC=CCCCCCCCCC(CCCCCCCC/C=C\C/C=C\CCCCC)CN(C)C. The third kappa shape index (κ3) is 35.0. The summed E-state index contributed by atoms with van der Waals surface area (Å²) < 4.78 is 0. The number of allylic oxidation sites excluding steroid dienone is 8. The van der Waals surface area contributed by atoms with Gasteiger partial charge in [0.05, 0.1) is 0 Å². The van der Waals surface area contributed by atoms with Gasteiger partial charge in [-0.3, -0.25) is 0 Å². The quantitative estimate of drug-likeness (QED) is 0.0575. The molecule has 240 valence electrons. The molecule has 0 aromatic heterocycles. The normalized spacial score (nSPS) is 13.3. The molecular formula is C40H75N. The van der Waals surface area contributed by atoms with E-state index in [0.717, 1.165) is 18.8 Å². The first-order chi connectivity index (χ1) is 20.2. The summed E-state index contributed by atoms with van der Waals surface area (Å²) in [5, 5.41) is 0. The summed E-state index contributed by atoms with van der Waals surface area (Å²) in [6.07, 6.45) is 54.2. The largest absolute Gasteiger partial charge is 0.309 e. The van der Waals surface area contributed by atoms with Gasteiger partial charge in [0.1, 0.15) is 0 Å². The molecule has 0 amide bonds. The van der Waals surface area contributed by atoms with Crippen molar-refractivity contribution in [3.05, 3.63) is 48.6 Å². The average molecular weight is 570 g/mol. The molecule has 0 N–H and O–H groups in total. The highest BCUT2D eigenvalue weighted by molar-refractivity contribution is 4.93. The summed E-state index contributed by atoms with van der Waals surface area (Å²) in [5.74, 6) is 0.904. The second kappa shape index (κ2) is 35.1. The van der Waals surface area contributed by atoms with E-state index in [1.165, 1.54) is 161 Å². The lowest BCUT2D eigenvalue weighted by atomic mass is 9.93. The van der Waals surface area contributed by atoms with Crippen LogP contribution < -0.4 is 0 Å². The maximum atomic E-state index is 2.41. The summed E-state index contributed by atoms with van der Waals surface area (Å²) >= 11 is 0. The first kappa shape index (κ1) is 39.9. The van der Waals surface area contributed by atoms with Crippen LogP contribution in [-0.2, 0) is 0 Å². The molecule has 0 radical (unpaired) electrons.